The van der Waals surface area contributed by atoms with Crippen LogP contribution in [0.4, 0.5) is 0 Å². The molecule has 0 aromatic heterocycles. The Morgan fingerprint density at radius 2 is 1.22 bits per heavy atom. The third-order valence-electron chi connectivity index (χ3n) is 0.360. The van der Waals surface area contributed by atoms with Crippen LogP contribution < -0.4 is 0 Å². The fourth-order valence-corrected chi connectivity index (χ4v) is 0. The Bertz CT molecular complexity index is 367. The maximum atomic E-state index is 9.33. The lowest BCUT2D eigenvalue weighted by atomic mass is 11.7. The molecule has 0 saturated carbocycles. The predicted octanol–water partition coefficient (Wildman–Crippen LogP) is -0.225. The Hall–Kier alpha value is -0.540. The minimum Gasteiger partial charge on any atom is -0.317 e. The van der Waals surface area contributed by atoms with Crippen molar-refractivity contribution in [2.24, 2.45) is 0 Å². The molecule has 0 rings (SSSR count). The summed E-state index contributed by atoms with van der Waals surface area (Å²) in [5, 5.41) is 8.08. The van der Waals surface area contributed by atoms with E-state index in [4.69, 9.17) is 19.2 Å². The lowest BCUT2D eigenvalue weighted by Gasteiger charge is -1.82. The Morgan fingerprint density at radius 1 is 1.11 bits per heavy atom. The van der Waals surface area contributed by atoms with Crippen molar-refractivity contribution in [1.29, 1.82) is 0 Å². The van der Waals surface area contributed by atoms with Gasteiger partial charge in [0.15, 0.2) is 0 Å². The average Bonchev–Trinajstić information content (AvgIpc) is 2.18. The minimum absolute atomic E-state index is 0.715. The molecule has 18 heavy (non-hydrogen) atoms. The summed E-state index contributed by atoms with van der Waals surface area (Å²) in [7, 11) is -5.96. The third-order valence-corrected chi connectivity index (χ3v) is 0.781. The van der Waals surface area contributed by atoms with Gasteiger partial charge in [-0.2, -0.15) is 16.8 Å². The van der Waals surface area contributed by atoms with Crippen LogP contribution in [0.2, 0.25) is 0 Å². The van der Waals surface area contributed by atoms with Gasteiger partial charge in [0.1, 0.15) is 0 Å². The van der Waals surface area contributed by atoms with Crippen molar-refractivity contribution in [2.75, 3.05) is 26.3 Å². The summed E-state index contributed by atoms with van der Waals surface area (Å²) in [5.74, 6) is 1.81. The molecule has 0 radical (unpaired) electrons. The molecule has 0 atom stereocenters. The van der Waals surface area contributed by atoms with Crippen LogP contribution in [0, 0.1) is 10.1 Å². The second-order valence-corrected chi connectivity index (χ2v) is 4.39. The molecule has 0 aliphatic rings. The Kier molecular flexibility index (Phi) is 21.1. The molecule has 0 aliphatic heterocycles. The standard InChI is InChI=1S/CH3Br.CH3NO3.CH4O4S.CH4O3S/c1-2;1-5-2(3)4;1-5-6(2,3)4;1-5(2,3)4/h1H3;1H3;1H3,(H,2,3,4);1H3,(H,2,3,4). The highest BCUT2D eigenvalue weighted by Gasteiger charge is 1.94. The van der Waals surface area contributed by atoms with Gasteiger partial charge in [0.05, 0.1) is 20.5 Å². The van der Waals surface area contributed by atoms with Gasteiger partial charge in [0.2, 0.25) is 0 Å². The van der Waals surface area contributed by atoms with Crippen LogP contribution in [0.3, 0.4) is 0 Å². The molecule has 0 aromatic carbocycles. The van der Waals surface area contributed by atoms with Crippen LogP contribution in [0.5, 0.6) is 0 Å². The molecule has 0 saturated heterocycles. The second-order valence-electron chi connectivity index (χ2n) is 1.73. The average molecular weight is 380 g/mol. The summed E-state index contributed by atoms with van der Waals surface area (Å²) >= 11 is 2.94. The van der Waals surface area contributed by atoms with Gasteiger partial charge in [0.25, 0.3) is 15.2 Å². The first-order valence-corrected chi connectivity index (χ1v) is 8.15. The molecule has 0 unspecified atom stereocenters. The highest BCUT2D eigenvalue weighted by molar-refractivity contribution is 9.08. The van der Waals surface area contributed by atoms with Crippen LogP contribution in [0.1, 0.15) is 0 Å². The van der Waals surface area contributed by atoms with Gasteiger partial charge in [-0.3, -0.25) is 13.3 Å². The first-order chi connectivity index (χ1) is 7.83. The number of halogens is 1. The van der Waals surface area contributed by atoms with E-state index in [1.807, 2.05) is 5.83 Å². The molecule has 2 N–H and O–H groups in total. The van der Waals surface area contributed by atoms with E-state index < -0.39 is 25.6 Å². The SMILES string of the molecule is CBr.COS(=O)(=O)O.CO[N+](=O)[O-].CS(=O)(=O)O. The Balaban J connectivity index is -0.0000000766. The predicted molar refractivity (Wildman–Crippen MR) is 64.9 cm³/mol. The third kappa shape index (κ3) is 163. The summed E-state index contributed by atoms with van der Waals surface area (Å²) in [6, 6.07) is 0. The number of hydrogen-bond donors (Lipinski definition) is 2. The summed E-state index contributed by atoms with van der Waals surface area (Å²) in [5.41, 5.74) is 0. The van der Waals surface area contributed by atoms with Gasteiger partial charge >= 0.3 is 10.4 Å². The normalized spacial score (nSPS) is 9.28. The van der Waals surface area contributed by atoms with Crippen molar-refractivity contribution in [1.82, 2.24) is 0 Å². The maximum absolute atomic E-state index is 9.33. The van der Waals surface area contributed by atoms with Gasteiger partial charge in [-0.25, -0.2) is 0 Å². The zero-order valence-electron chi connectivity index (χ0n) is 9.80. The zero-order chi connectivity index (χ0) is 16.0. The summed E-state index contributed by atoms with van der Waals surface area (Å²) in [4.78, 5) is 12.4. The van der Waals surface area contributed by atoms with E-state index >= 15 is 0 Å². The molecule has 0 bridgehead atoms. The van der Waals surface area contributed by atoms with Gasteiger partial charge < -0.3 is 4.84 Å². The van der Waals surface area contributed by atoms with Crippen molar-refractivity contribution in [3.8, 4) is 0 Å². The van der Waals surface area contributed by atoms with E-state index in [-0.39, 0.29) is 0 Å². The second kappa shape index (κ2) is 14.5. The Morgan fingerprint density at radius 3 is 1.22 bits per heavy atom. The smallest absolute Gasteiger partial charge is 0.317 e. The van der Waals surface area contributed by atoms with Gasteiger partial charge in [0, 0.05) is 0 Å². The highest BCUT2D eigenvalue weighted by atomic mass is 79.9. The molecular weight excluding hydrogens is 366 g/mol. The minimum atomic E-state index is -4.16. The molecule has 11 nitrogen and oxygen atoms in total. The molecule has 114 valence electrons. The molecular formula is C4H14BrNO10S2. The number of nitrogens with zero attached hydrogens (tertiary/aromatic N) is 1. The van der Waals surface area contributed by atoms with E-state index in [0.717, 1.165) is 14.2 Å². The van der Waals surface area contributed by atoms with E-state index in [9.17, 15) is 16.8 Å². The number of alkyl halides is 1. The fraction of sp³-hybridized carbons (Fsp3) is 1.00. The molecule has 0 aromatic rings. The molecule has 0 heterocycles. The van der Waals surface area contributed by atoms with Crippen molar-refractivity contribution >= 4 is 36.4 Å². The summed E-state index contributed by atoms with van der Waals surface area (Å²) in [6.45, 7) is 0. The molecule has 0 amide bonds. The quantitative estimate of drug-likeness (QED) is 0.282. The van der Waals surface area contributed by atoms with Crippen LogP contribution in [0.25, 0.3) is 0 Å². The molecule has 0 aliphatic carbocycles. The number of hydrogen-bond acceptors (Lipinski definition) is 8. The van der Waals surface area contributed by atoms with Crippen molar-refractivity contribution < 1.29 is 40.0 Å². The molecule has 0 spiro atoms. The van der Waals surface area contributed by atoms with Crippen molar-refractivity contribution in [2.45, 2.75) is 0 Å². The molecule has 14 heteroatoms. The first kappa shape index (κ1) is 26.1. The van der Waals surface area contributed by atoms with Crippen LogP contribution >= 0.6 is 15.9 Å². The van der Waals surface area contributed by atoms with E-state index in [1.54, 1.807) is 0 Å². The van der Waals surface area contributed by atoms with Crippen molar-refractivity contribution in [3.63, 3.8) is 0 Å². The van der Waals surface area contributed by atoms with E-state index in [2.05, 4.69) is 25.0 Å². The Labute approximate surface area is 113 Å². The first-order valence-electron chi connectivity index (χ1n) is 3.35. The van der Waals surface area contributed by atoms with Gasteiger partial charge in [-0.05, 0) is 5.83 Å². The summed E-state index contributed by atoms with van der Waals surface area (Å²) < 4.78 is 55.6. The largest absolute Gasteiger partial charge is 0.397 e. The van der Waals surface area contributed by atoms with Crippen molar-refractivity contribution in [3.05, 3.63) is 10.1 Å². The van der Waals surface area contributed by atoms with Crippen LogP contribution in [-0.4, -0.2) is 57.3 Å². The lowest BCUT2D eigenvalue weighted by Crippen LogP contribution is -1.96. The lowest BCUT2D eigenvalue weighted by molar-refractivity contribution is -0.749. The number of rotatable bonds is 2. The maximum Gasteiger partial charge on any atom is 0.397 e. The fourth-order valence-electron chi connectivity index (χ4n) is 0. The van der Waals surface area contributed by atoms with E-state index in [1.165, 1.54) is 0 Å². The highest BCUT2D eigenvalue weighted by Crippen LogP contribution is 1.74. The topological polar surface area (TPSA) is 170 Å². The van der Waals surface area contributed by atoms with Gasteiger partial charge in [-0.1, -0.05) is 15.9 Å². The zero-order valence-corrected chi connectivity index (χ0v) is 13.0. The molecule has 0 fully saturated rings. The van der Waals surface area contributed by atoms with Crippen LogP contribution in [0.15, 0.2) is 0 Å². The van der Waals surface area contributed by atoms with Crippen LogP contribution in [-0.2, 0) is 29.5 Å². The van der Waals surface area contributed by atoms with Gasteiger partial charge in [-0.15, -0.1) is 10.1 Å². The monoisotopic (exact) mass is 379 g/mol. The summed E-state index contributed by atoms with van der Waals surface area (Å²) in [6.07, 6.45) is 0.715. The van der Waals surface area contributed by atoms with E-state index in [0.29, 0.717) is 6.26 Å².